The summed E-state index contributed by atoms with van der Waals surface area (Å²) in [6.07, 6.45) is 3.04. The first-order valence-corrected chi connectivity index (χ1v) is 6.79. The van der Waals surface area contributed by atoms with Crippen molar-refractivity contribution in [1.29, 1.82) is 0 Å². The van der Waals surface area contributed by atoms with Gasteiger partial charge in [0.25, 0.3) is 0 Å². The van der Waals surface area contributed by atoms with Gasteiger partial charge in [0.2, 0.25) is 5.91 Å². The zero-order chi connectivity index (χ0) is 14.0. The predicted molar refractivity (Wildman–Crippen MR) is 70.6 cm³/mol. The summed E-state index contributed by atoms with van der Waals surface area (Å²) < 4.78 is 9.33. The van der Waals surface area contributed by atoms with Crippen molar-refractivity contribution < 1.29 is 19.4 Å². The molecule has 1 heterocycles. The number of nitrogens with zero attached hydrogens (tertiary/aromatic N) is 1. The second-order valence-electron chi connectivity index (χ2n) is 4.74. The van der Waals surface area contributed by atoms with E-state index in [2.05, 4.69) is 9.69 Å². The molecule has 0 unspecified atom stereocenters. The summed E-state index contributed by atoms with van der Waals surface area (Å²) in [7, 11) is 1.60. The van der Waals surface area contributed by atoms with E-state index in [4.69, 9.17) is 9.84 Å². The average Bonchev–Trinajstić information content (AvgIpc) is 2.65. The fraction of sp³-hybridized carbons (Fsp3) is 0.583. The number of rotatable bonds is 5. The first-order valence-electron chi connectivity index (χ1n) is 6.02. The number of amides is 1. The highest BCUT2D eigenvalue weighted by molar-refractivity contribution is 7.11. The highest BCUT2D eigenvalue weighted by atomic mass is 32.1. The Morgan fingerprint density at radius 3 is 2.68 bits per heavy atom. The van der Waals surface area contributed by atoms with Crippen LogP contribution in [0, 0.1) is 6.92 Å². The molecule has 0 aromatic carbocycles. The molecule has 0 atom stereocenters. The van der Waals surface area contributed by atoms with Crippen LogP contribution < -0.4 is 5.32 Å². The summed E-state index contributed by atoms with van der Waals surface area (Å²) in [5.74, 6) is -1.31. The highest BCUT2D eigenvalue weighted by Crippen LogP contribution is 2.38. The van der Waals surface area contributed by atoms with E-state index in [9.17, 15) is 9.59 Å². The van der Waals surface area contributed by atoms with Gasteiger partial charge < -0.3 is 15.2 Å². The first-order chi connectivity index (χ1) is 8.97. The van der Waals surface area contributed by atoms with Gasteiger partial charge in [-0.2, -0.15) is 4.37 Å². The number of nitrogens with one attached hydrogen (secondary N) is 1. The maximum Gasteiger partial charge on any atom is 0.340 e. The molecular formula is C12H16N2O4S. The fourth-order valence-electron chi connectivity index (χ4n) is 2.19. The van der Waals surface area contributed by atoms with E-state index in [1.54, 1.807) is 14.0 Å². The molecule has 2 N–H and O–H groups in total. The van der Waals surface area contributed by atoms with Gasteiger partial charge in [-0.05, 0) is 37.7 Å². The number of aromatic carboxylic acids is 1. The molecule has 1 saturated carbocycles. The van der Waals surface area contributed by atoms with Gasteiger partial charge in [0.05, 0.1) is 17.7 Å². The highest BCUT2D eigenvalue weighted by Gasteiger charge is 2.39. The van der Waals surface area contributed by atoms with Gasteiger partial charge in [-0.25, -0.2) is 4.79 Å². The summed E-state index contributed by atoms with van der Waals surface area (Å²) in [6.45, 7) is 1.61. The molecule has 1 aliphatic rings. The molecule has 0 aliphatic heterocycles. The SMILES string of the molecule is COC1(CC(=O)Nc2snc(C)c2C(=O)O)CCC1. The fourth-order valence-corrected chi connectivity index (χ4v) is 3.00. The van der Waals surface area contributed by atoms with Gasteiger partial charge in [-0.3, -0.25) is 4.79 Å². The number of hydrogen-bond acceptors (Lipinski definition) is 5. The zero-order valence-electron chi connectivity index (χ0n) is 10.9. The lowest BCUT2D eigenvalue weighted by Gasteiger charge is -2.39. The third kappa shape index (κ3) is 2.76. The van der Waals surface area contributed by atoms with Crippen LogP contribution in [0.4, 0.5) is 5.00 Å². The standard InChI is InChI=1S/C12H16N2O4S/c1-7-9(11(16)17)10(19-14-7)13-8(15)6-12(18-2)4-3-5-12/h3-6H2,1-2H3,(H,13,15)(H,16,17). The Labute approximate surface area is 114 Å². The summed E-state index contributed by atoms with van der Waals surface area (Å²) in [5, 5.41) is 12.0. The molecule has 0 saturated heterocycles. The largest absolute Gasteiger partial charge is 0.478 e. The summed E-state index contributed by atoms with van der Waals surface area (Å²) in [6, 6.07) is 0. The van der Waals surface area contributed by atoms with Gasteiger partial charge in [-0.15, -0.1) is 0 Å². The van der Waals surface area contributed by atoms with Crippen LogP contribution in [-0.2, 0) is 9.53 Å². The molecule has 0 bridgehead atoms. The third-order valence-corrected chi connectivity index (χ3v) is 4.36. The van der Waals surface area contributed by atoms with E-state index < -0.39 is 5.97 Å². The van der Waals surface area contributed by atoms with Crippen molar-refractivity contribution in [2.45, 2.75) is 38.2 Å². The van der Waals surface area contributed by atoms with Crippen LogP contribution in [0.3, 0.4) is 0 Å². The van der Waals surface area contributed by atoms with Crippen LogP contribution in [0.5, 0.6) is 0 Å². The van der Waals surface area contributed by atoms with Crippen LogP contribution >= 0.6 is 11.5 Å². The van der Waals surface area contributed by atoms with Gasteiger partial charge >= 0.3 is 5.97 Å². The number of aryl methyl sites for hydroxylation is 1. The van der Waals surface area contributed by atoms with Gasteiger partial charge in [0.1, 0.15) is 10.6 Å². The molecular weight excluding hydrogens is 268 g/mol. The summed E-state index contributed by atoms with van der Waals surface area (Å²) in [5.41, 5.74) is 0.115. The van der Waals surface area contributed by atoms with Gasteiger partial charge in [0, 0.05) is 7.11 Å². The Kier molecular flexibility index (Phi) is 3.86. The normalized spacial score (nSPS) is 16.7. The van der Waals surface area contributed by atoms with Crippen molar-refractivity contribution >= 4 is 28.4 Å². The van der Waals surface area contributed by atoms with Crippen molar-refractivity contribution in [1.82, 2.24) is 4.37 Å². The van der Waals surface area contributed by atoms with Crippen molar-refractivity contribution in [3.8, 4) is 0 Å². The van der Waals surface area contributed by atoms with Crippen LogP contribution in [0.1, 0.15) is 41.7 Å². The van der Waals surface area contributed by atoms with E-state index in [0.29, 0.717) is 10.7 Å². The number of carbonyl (C=O) groups is 2. The monoisotopic (exact) mass is 284 g/mol. The number of carbonyl (C=O) groups excluding carboxylic acids is 1. The van der Waals surface area contributed by atoms with Crippen LogP contribution in [0.25, 0.3) is 0 Å². The predicted octanol–water partition coefficient (Wildman–Crippen LogP) is 2.05. The van der Waals surface area contributed by atoms with E-state index in [0.717, 1.165) is 30.8 Å². The van der Waals surface area contributed by atoms with Crippen LogP contribution in [0.2, 0.25) is 0 Å². The van der Waals surface area contributed by atoms with E-state index in [-0.39, 0.29) is 23.5 Å². The number of ether oxygens (including phenoxy) is 1. The smallest absolute Gasteiger partial charge is 0.340 e. The van der Waals surface area contributed by atoms with Crippen LogP contribution in [-0.4, -0.2) is 34.1 Å². The van der Waals surface area contributed by atoms with E-state index >= 15 is 0 Å². The Morgan fingerprint density at radius 2 is 2.21 bits per heavy atom. The summed E-state index contributed by atoms with van der Waals surface area (Å²) in [4.78, 5) is 23.0. The molecule has 19 heavy (non-hydrogen) atoms. The minimum atomic E-state index is -1.08. The molecule has 1 aliphatic carbocycles. The van der Waals surface area contributed by atoms with Crippen molar-refractivity contribution in [2.24, 2.45) is 0 Å². The molecule has 1 aromatic heterocycles. The molecule has 6 nitrogen and oxygen atoms in total. The molecule has 7 heteroatoms. The minimum absolute atomic E-state index is 0.0680. The Balaban J connectivity index is 2.05. The zero-order valence-corrected chi connectivity index (χ0v) is 11.7. The molecule has 2 rings (SSSR count). The first kappa shape index (κ1) is 14.0. The molecule has 1 fully saturated rings. The van der Waals surface area contributed by atoms with E-state index in [1.807, 2.05) is 0 Å². The van der Waals surface area contributed by atoms with Gasteiger partial charge in [0.15, 0.2) is 0 Å². The van der Waals surface area contributed by atoms with Crippen molar-refractivity contribution in [3.63, 3.8) is 0 Å². The Bertz CT molecular complexity index is 502. The van der Waals surface area contributed by atoms with Crippen LogP contribution in [0.15, 0.2) is 0 Å². The molecule has 1 aromatic rings. The number of anilines is 1. The number of methoxy groups -OCH3 is 1. The Hall–Kier alpha value is -1.47. The average molecular weight is 284 g/mol. The lowest BCUT2D eigenvalue weighted by Crippen LogP contribution is -2.42. The molecule has 0 radical (unpaired) electrons. The second kappa shape index (κ2) is 5.26. The van der Waals surface area contributed by atoms with Crippen molar-refractivity contribution in [3.05, 3.63) is 11.3 Å². The number of hydrogen-bond donors (Lipinski definition) is 2. The topological polar surface area (TPSA) is 88.5 Å². The molecule has 0 spiro atoms. The summed E-state index contributed by atoms with van der Waals surface area (Å²) >= 11 is 0.988. The minimum Gasteiger partial charge on any atom is -0.478 e. The third-order valence-electron chi connectivity index (χ3n) is 3.51. The lowest BCUT2D eigenvalue weighted by atomic mass is 9.77. The van der Waals surface area contributed by atoms with Crippen molar-refractivity contribution in [2.75, 3.05) is 12.4 Å². The number of aromatic nitrogens is 1. The number of carboxylic acid groups (broad SMARTS) is 1. The quantitative estimate of drug-likeness (QED) is 0.863. The second-order valence-corrected chi connectivity index (χ2v) is 5.52. The molecule has 1 amide bonds. The van der Waals surface area contributed by atoms with E-state index in [1.165, 1.54) is 0 Å². The van der Waals surface area contributed by atoms with Gasteiger partial charge in [-0.1, -0.05) is 0 Å². The maximum atomic E-state index is 12.0. The maximum absolute atomic E-state index is 12.0. The lowest BCUT2D eigenvalue weighted by molar-refractivity contribution is -0.129. The number of carboxylic acids is 1. The Morgan fingerprint density at radius 1 is 1.53 bits per heavy atom. The molecule has 104 valence electrons.